The topological polar surface area (TPSA) is 109 Å². The Morgan fingerprint density at radius 2 is 1.97 bits per heavy atom. The van der Waals surface area contributed by atoms with Gasteiger partial charge in [0.2, 0.25) is 0 Å². The Kier molecular flexibility index (Phi) is 7.86. The number of nitrogens with zero attached hydrogens (tertiary/aromatic N) is 2. The minimum Gasteiger partial charge on any atom is -0.447 e. The van der Waals surface area contributed by atoms with Crippen LogP contribution in [0.25, 0.3) is 0 Å². The predicted octanol–water partition coefficient (Wildman–Crippen LogP) is 1.57. The zero-order chi connectivity index (χ0) is 21.3. The standard InChI is InChI=1S/C20H28N4O6/c1-2-10-21-19(26)28-11-12-29-22-18(25)17-9-8-16-13-23(17)20(27)24(16)30-14-15-6-4-3-5-7-15/h3-7,16-17H,2,8-14H2,1H3,(H,21,26)(H,22,25)/t16-,17+/m1/s1. The number of urea groups is 1. The van der Waals surface area contributed by atoms with Gasteiger partial charge in [-0.15, -0.1) is 0 Å². The highest BCUT2D eigenvalue weighted by Crippen LogP contribution is 2.30. The molecule has 2 aliphatic rings. The molecule has 0 aliphatic carbocycles. The number of fused-ring (bicyclic) bond motifs is 2. The zero-order valence-corrected chi connectivity index (χ0v) is 17.0. The second kappa shape index (κ2) is 10.8. The maximum atomic E-state index is 12.7. The SMILES string of the molecule is CCCNC(=O)OCCONC(=O)[C@@H]1CC[C@@H]2CN1C(=O)N2OCc1ccccc1. The van der Waals surface area contributed by atoms with Gasteiger partial charge in [-0.1, -0.05) is 37.3 Å². The normalized spacial score (nSPS) is 20.2. The summed E-state index contributed by atoms with van der Waals surface area (Å²) in [6, 6.07) is 8.60. The number of amides is 4. The van der Waals surface area contributed by atoms with Crippen LogP contribution in [0.5, 0.6) is 0 Å². The van der Waals surface area contributed by atoms with E-state index in [0.29, 0.717) is 32.5 Å². The number of carbonyl (C=O) groups excluding carboxylic acids is 3. The van der Waals surface area contributed by atoms with Gasteiger partial charge in [-0.2, -0.15) is 5.06 Å². The van der Waals surface area contributed by atoms with Crippen molar-refractivity contribution in [1.29, 1.82) is 0 Å². The summed E-state index contributed by atoms with van der Waals surface area (Å²) in [6.45, 7) is 3.23. The van der Waals surface area contributed by atoms with Crippen molar-refractivity contribution in [3.63, 3.8) is 0 Å². The van der Waals surface area contributed by atoms with Crippen molar-refractivity contribution in [3.05, 3.63) is 35.9 Å². The number of alkyl carbamates (subject to hydrolysis) is 1. The molecule has 2 fully saturated rings. The van der Waals surface area contributed by atoms with Crippen LogP contribution in [0.15, 0.2) is 30.3 Å². The van der Waals surface area contributed by atoms with Crippen molar-refractivity contribution < 1.29 is 28.8 Å². The molecular formula is C20H28N4O6. The number of benzene rings is 1. The number of rotatable bonds is 10. The van der Waals surface area contributed by atoms with Crippen molar-refractivity contribution >= 4 is 18.0 Å². The molecule has 1 aromatic carbocycles. The highest BCUT2D eigenvalue weighted by atomic mass is 16.7. The Morgan fingerprint density at radius 1 is 1.17 bits per heavy atom. The molecule has 4 amide bonds. The smallest absolute Gasteiger partial charge is 0.407 e. The third-order valence-corrected chi connectivity index (χ3v) is 4.95. The van der Waals surface area contributed by atoms with Crippen molar-refractivity contribution in [2.75, 3.05) is 26.3 Å². The Labute approximate surface area is 175 Å². The number of piperidine rings is 1. The summed E-state index contributed by atoms with van der Waals surface area (Å²) >= 11 is 0. The molecule has 10 nitrogen and oxygen atoms in total. The largest absolute Gasteiger partial charge is 0.447 e. The minimum atomic E-state index is -0.618. The van der Waals surface area contributed by atoms with E-state index in [-0.39, 0.29) is 25.3 Å². The van der Waals surface area contributed by atoms with Crippen molar-refractivity contribution in [3.8, 4) is 0 Å². The molecule has 2 atom stereocenters. The van der Waals surface area contributed by atoms with Crippen LogP contribution in [-0.4, -0.2) is 66.4 Å². The second-order valence-electron chi connectivity index (χ2n) is 7.14. The molecule has 164 valence electrons. The lowest BCUT2D eigenvalue weighted by Gasteiger charge is -2.28. The first kappa shape index (κ1) is 21.8. The van der Waals surface area contributed by atoms with Gasteiger partial charge in [0.05, 0.1) is 6.04 Å². The Morgan fingerprint density at radius 3 is 2.73 bits per heavy atom. The third kappa shape index (κ3) is 5.61. The van der Waals surface area contributed by atoms with Gasteiger partial charge in [0, 0.05) is 13.1 Å². The fourth-order valence-corrected chi connectivity index (χ4v) is 3.43. The van der Waals surface area contributed by atoms with E-state index < -0.39 is 18.0 Å². The summed E-state index contributed by atoms with van der Waals surface area (Å²) in [6.07, 6.45) is 1.47. The molecule has 10 heteroatoms. The van der Waals surface area contributed by atoms with Gasteiger partial charge >= 0.3 is 12.1 Å². The number of hydrogen-bond donors (Lipinski definition) is 2. The van der Waals surface area contributed by atoms with E-state index in [1.807, 2.05) is 37.3 Å². The van der Waals surface area contributed by atoms with E-state index in [9.17, 15) is 14.4 Å². The van der Waals surface area contributed by atoms with Crippen LogP contribution in [-0.2, 0) is 25.8 Å². The zero-order valence-electron chi connectivity index (χ0n) is 17.0. The summed E-state index contributed by atoms with van der Waals surface area (Å²) in [5.41, 5.74) is 3.31. The number of carbonyl (C=O) groups is 3. The van der Waals surface area contributed by atoms with Gasteiger partial charge in [0.25, 0.3) is 5.91 Å². The first-order valence-electron chi connectivity index (χ1n) is 10.2. The Balaban J connectivity index is 1.40. The van der Waals surface area contributed by atoms with Crippen molar-refractivity contribution in [1.82, 2.24) is 20.8 Å². The van der Waals surface area contributed by atoms with Crippen molar-refractivity contribution in [2.45, 2.75) is 44.9 Å². The first-order chi connectivity index (χ1) is 14.6. The average molecular weight is 420 g/mol. The fraction of sp³-hybridized carbons (Fsp3) is 0.550. The van der Waals surface area contributed by atoms with Crippen LogP contribution in [0.1, 0.15) is 31.7 Å². The van der Waals surface area contributed by atoms with E-state index in [1.165, 1.54) is 9.96 Å². The van der Waals surface area contributed by atoms with Crippen LogP contribution in [0.4, 0.5) is 9.59 Å². The second-order valence-corrected chi connectivity index (χ2v) is 7.14. The fourth-order valence-electron chi connectivity index (χ4n) is 3.43. The van der Waals surface area contributed by atoms with Crippen molar-refractivity contribution in [2.24, 2.45) is 0 Å². The van der Waals surface area contributed by atoms with E-state index >= 15 is 0 Å². The monoisotopic (exact) mass is 420 g/mol. The first-order valence-corrected chi connectivity index (χ1v) is 10.2. The molecule has 1 aromatic rings. The molecule has 0 spiro atoms. The lowest BCUT2D eigenvalue weighted by molar-refractivity contribution is -0.141. The van der Waals surface area contributed by atoms with E-state index in [1.54, 1.807) is 0 Å². The lowest BCUT2D eigenvalue weighted by Crippen LogP contribution is -2.49. The van der Waals surface area contributed by atoms with Crippen LogP contribution >= 0.6 is 0 Å². The summed E-state index contributed by atoms with van der Waals surface area (Å²) in [5.74, 6) is -0.401. The number of nitrogens with one attached hydrogen (secondary N) is 2. The molecule has 2 aliphatic heterocycles. The molecule has 30 heavy (non-hydrogen) atoms. The van der Waals surface area contributed by atoms with Gasteiger partial charge in [-0.25, -0.2) is 15.1 Å². The van der Waals surface area contributed by atoms with Crippen LogP contribution in [0.3, 0.4) is 0 Å². The van der Waals surface area contributed by atoms with Gasteiger partial charge in [-0.3, -0.25) is 14.5 Å². The summed E-state index contributed by atoms with van der Waals surface area (Å²) < 4.78 is 4.90. The van der Waals surface area contributed by atoms with Gasteiger partial charge in [-0.05, 0) is 24.8 Å². The maximum Gasteiger partial charge on any atom is 0.407 e. The van der Waals surface area contributed by atoms with E-state index in [2.05, 4.69) is 10.8 Å². The third-order valence-electron chi connectivity index (χ3n) is 4.95. The van der Waals surface area contributed by atoms with Crippen LogP contribution < -0.4 is 10.8 Å². The van der Waals surface area contributed by atoms with E-state index in [0.717, 1.165) is 12.0 Å². The molecular weight excluding hydrogens is 392 g/mol. The Bertz CT molecular complexity index is 731. The molecule has 3 rings (SSSR count). The molecule has 2 N–H and O–H groups in total. The van der Waals surface area contributed by atoms with E-state index in [4.69, 9.17) is 14.4 Å². The quantitative estimate of drug-likeness (QED) is 0.439. The number of ether oxygens (including phenoxy) is 1. The highest BCUT2D eigenvalue weighted by molar-refractivity contribution is 5.88. The Hall–Kier alpha value is -2.85. The molecule has 0 radical (unpaired) electrons. The molecule has 0 aromatic heterocycles. The summed E-state index contributed by atoms with van der Waals surface area (Å²) in [7, 11) is 0. The van der Waals surface area contributed by atoms with Crippen LogP contribution in [0, 0.1) is 0 Å². The number of hydrogen-bond acceptors (Lipinski definition) is 6. The predicted molar refractivity (Wildman–Crippen MR) is 106 cm³/mol. The summed E-state index contributed by atoms with van der Waals surface area (Å²) in [4.78, 5) is 48.8. The van der Waals surface area contributed by atoms with Gasteiger partial charge < -0.3 is 15.0 Å². The van der Waals surface area contributed by atoms with Crippen LogP contribution in [0.2, 0.25) is 0 Å². The highest BCUT2D eigenvalue weighted by Gasteiger charge is 2.48. The average Bonchev–Trinajstić information content (AvgIpc) is 3.00. The number of hydroxylamine groups is 3. The van der Waals surface area contributed by atoms with Gasteiger partial charge in [0.15, 0.2) is 0 Å². The lowest BCUT2D eigenvalue weighted by atomic mass is 10.0. The molecule has 0 unspecified atom stereocenters. The minimum absolute atomic E-state index is 0.00627. The molecule has 2 heterocycles. The summed E-state index contributed by atoms with van der Waals surface area (Å²) in [5, 5.41) is 3.95. The maximum absolute atomic E-state index is 12.7. The molecule has 2 bridgehead atoms. The molecule has 2 saturated heterocycles. The van der Waals surface area contributed by atoms with Gasteiger partial charge in [0.1, 0.15) is 25.9 Å². The molecule has 0 saturated carbocycles.